The summed E-state index contributed by atoms with van der Waals surface area (Å²) < 4.78 is 5.43. The van der Waals surface area contributed by atoms with Gasteiger partial charge in [-0.05, 0) is 85.8 Å². The van der Waals surface area contributed by atoms with E-state index in [4.69, 9.17) is 4.74 Å². The second kappa shape index (κ2) is 13.8. The molecule has 0 bridgehead atoms. The molecule has 3 amide bonds. The second-order valence-corrected chi connectivity index (χ2v) is 11.5. The van der Waals surface area contributed by atoms with Crippen LogP contribution in [0, 0.1) is 13.8 Å². The largest absolute Gasteiger partial charge is 0.444 e. The molecule has 1 rings (SSSR count). The van der Waals surface area contributed by atoms with Gasteiger partial charge in [0, 0.05) is 12.1 Å². The van der Waals surface area contributed by atoms with Crippen LogP contribution in [0.3, 0.4) is 0 Å². The number of thioether (sulfide) groups is 1. The molecule has 0 aliphatic rings. The van der Waals surface area contributed by atoms with Gasteiger partial charge in [0.1, 0.15) is 17.7 Å². The normalized spacial score (nSPS) is 14.1. The standard InChI is InChI=1S/C27H45N3O4S/c1-11-20(6)30(25(32)22(12-13-35-10)29-26(33)34-27(7,8)9)23(24(31)28-17(2)3)21-15-18(4)14-19(5)16-21/h14-17,20,22-23H,11-13H2,1-10H3,(H,28,31)(H,29,33). The maximum absolute atomic E-state index is 14.1. The molecule has 1 aromatic rings. The smallest absolute Gasteiger partial charge is 0.408 e. The topological polar surface area (TPSA) is 87.7 Å². The molecule has 0 saturated carbocycles. The van der Waals surface area contributed by atoms with Crippen LogP contribution in [0.1, 0.15) is 84.0 Å². The summed E-state index contributed by atoms with van der Waals surface area (Å²) in [4.78, 5) is 41.9. The molecule has 198 valence electrons. The zero-order chi connectivity index (χ0) is 26.9. The molecule has 0 spiro atoms. The average Bonchev–Trinajstić information content (AvgIpc) is 2.71. The van der Waals surface area contributed by atoms with E-state index in [1.54, 1.807) is 37.4 Å². The lowest BCUT2D eigenvalue weighted by molar-refractivity contribution is -0.145. The summed E-state index contributed by atoms with van der Waals surface area (Å²) in [5, 5.41) is 5.78. The Labute approximate surface area is 216 Å². The van der Waals surface area contributed by atoms with Crippen molar-refractivity contribution in [2.45, 2.75) is 105 Å². The molecule has 1 aromatic carbocycles. The third-order valence-electron chi connectivity index (χ3n) is 5.44. The summed E-state index contributed by atoms with van der Waals surface area (Å²) in [6.45, 7) is 17.0. The quantitative estimate of drug-likeness (QED) is 0.433. The van der Waals surface area contributed by atoms with Gasteiger partial charge < -0.3 is 20.3 Å². The summed E-state index contributed by atoms with van der Waals surface area (Å²) in [6.07, 6.45) is 2.40. The summed E-state index contributed by atoms with van der Waals surface area (Å²) in [5.41, 5.74) is 2.11. The fourth-order valence-electron chi connectivity index (χ4n) is 3.89. The Kier molecular flexibility index (Phi) is 12.1. The van der Waals surface area contributed by atoms with Crippen LogP contribution in [-0.2, 0) is 14.3 Å². The van der Waals surface area contributed by atoms with Gasteiger partial charge >= 0.3 is 6.09 Å². The molecule has 3 atom stereocenters. The molecular weight excluding hydrogens is 462 g/mol. The molecule has 0 aromatic heterocycles. The average molecular weight is 508 g/mol. The Morgan fingerprint density at radius 3 is 2.06 bits per heavy atom. The zero-order valence-corrected chi connectivity index (χ0v) is 24.0. The molecule has 0 radical (unpaired) electrons. The van der Waals surface area contributed by atoms with Crippen LogP contribution in [0.15, 0.2) is 18.2 Å². The highest BCUT2D eigenvalue weighted by Gasteiger charge is 2.38. The Morgan fingerprint density at radius 2 is 1.60 bits per heavy atom. The summed E-state index contributed by atoms with van der Waals surface area (Å²) in [6, 6.07) is 4.00. The molecule has 0 heterocycles. The van der Waals surface area contributed by atoms with E-state index in [9.17, 15) is 14.4 Å². The first-order valence-electron chi connectivity index (χ1n) is 12.4. The van der Waals surface area contributed by atoms with Crippen LogP contribution in [0.4, 0.5) is 4.79 Å². The Bertz CT molecular complexity index is 846. The minimum absolute atomic E-state index is 0.0861. The van der Waals surface area contributed by atoms with Crippen molar-refractivity contribution in [1.82, 2.24) is 15.5 Å². The predicted molar refractivity (Wildman–Crippen MR) is 145 cm³/mol. The van der Waals surface area contributed by atoms with E-state index in [2.05, 4.69) is 10.6 Å². The third-order valence-corrected chi connectivity index (χ3v) is 6.08. The number of nitrogens with one attached hydrogen (secondary N) is 2. The van der Waals surface area contributed by atoms with E-state index >= 15 is 0 Å². The van der Waals surface area contributed by atoms with Gasteiger partial charge in [-0.1, -0.05) is 36.2 Å². The first-order valence-corrected chi connectivity index (χ1v) is 13.8. The molecule has 7 nitrogen and oxygen atoms in total. The Hall–Kier alpha value is -2.22. The molecular formula is C27H45N3O4S. The van der Waals surface area contributed by atoms with Gasteiger partial charge in [-0.3, -0.25) is 9.59 Å². The van der Waals surface area contributed by atoms with Gasteiger partial charge in [-0.25, -0.2) is 4.79 Å². The van der Waals surface area contributed by atoms with Crippen molar-refractivity contribution in [2.75, 3.05) is 12.0 Å². The highest BCUT2D eigenvalue weighted by Crippen LogP contribution is 2.28. The van der Waals surface area contributed by atoms with Crippen LogP contribution in [0.25, 0.3) is 0 Å². The number of hydrogen-bond acceptors (Lipinski definition) is 5. The summed E-state index contributed by atoms with van der Waals surface area (Å²) in [7, 11) is 0. The van der Waals surface area contributed by atoms with Gasteiger partial charge in [0.15, 0.2) is 0 Å². The van der Waals surface area contributed by atoms with Gasteiger partial charge in [-0.2, -0.15) is 11.8 Å². The van der Waals surface area contributed by atoms with Crippen molar-refractivity contribution >= 4 is 29.7 Å². The van der Waals surface area contributed by atoms with Gasteiger partial charge in [-0.15, -0.1) is 0 Å². The molecule has 0 aliphatic carbocycles. The number of carbonyl (C=O) groups excluding carboxylic acids is 3. The van der Waals surface area contributed by atoms with Crippen LogP contribution in [0.2, 0.25) is 0 Å². The lowest BCUT2D eigenvalue weighted by Crippen LogP contribution is -2.56. The van der Waals surface area contributed by atoms with Crippen LogP contribution in [-0.4, -0.2) is 58.5 Å². The maximum atomic E-state index is 14.1. The predicted octanol–water partition coefficient (Wildman–Crippen LogP) is 5.14. The van der Waals surface area contributed by atoms with E-state index in [1.165, 1.54) is 0 Å². The van der Waals surface area contributed by atoms with Crippen molar-refractivity contribution in [3.05, 3.63) is 34.9 Å². The van der Waals surface area contributed by atoms with Crippen molar-refractivity contribution in [2.24, 2.45) is 0 Å². The number of ether oxygens (including phenoxy) is 1. The first kappa shape index (κ1) is 30.8. The molecule has 8 heteroatoms. The van der Waals surface area contributed by atoms with Gasteiger partial charge in [0.25, 0.3) is 0 Å². The Morgan fingerprint density at radius 1 is 1.03 bits per heavy atom. The minimum Gasteiger partial charge on any atom is -0.444 e. The van der Waals surface area contributed by atoms with E-state index in [0.717, 1.165) is 16.7 Å². The van der Waals surface area contributed by atoms with E-state index in [0.29, 0.717) is 18.6 Å². The fraction of sp³-hybridized carbons (Fsp3) is 0.667. The fourth-order valence-corrected chi connectivity index (χ4v) is 4.36. The van der Waals surface area contributed by atoms with Crippen molar-refractivity contribution in [1.29, 1.82) is 0 Å². The highest BCUT2D eigenvalue weighted by molar-refractivity contribution is 7.98. The highest BCUT2D eigenvalue weighted by atomic mass is 32.2. The third kappa shape index (κ3) is 10.1. The molecule has 3 unspecified atom stereocenters. The number of carbonyl (C=O) groups is 3. The van der Waals surface area contributed by atoms with Crippen LogP contribution >= 0.6 is 11.8 Å². The first-order chi connectivity index (χ1) is 16.2. The molecule has 2 N–H and O–H groups in total. The van der Waals surface area contributed by atoms with E-state index < -0.39 is 23.8 Å². The molecule has 0 aliphatic heterocycles. The van der Waals surface area contributed by atoms with Crippen LogP contribution in [0.5, 0.6) is 0 Å². The molecule has 0 fully saturated rings. The van der Waals surface area contributed by atoms with E-state index in [-0.39, 0.29) is 23.9 Å². The minimum atomic E-state index is -0.823. The number of nitrogens with zero attached hydrogens (tertiary/aromatic N) is 1. The van der Waals surface area contributed by atoms with Crippen molar-refractivity contribution < 1.29 is 19.1 Å². The second-order valence-electron chi connectivity index (χ2n) is 10.5. The van der Waals surface area contributed by atoms with Gasteiger partial charge in [0.05, 0.1) is 0 Å². The van der Waals surface area contributed by atoms with Crippen molar-refractivity contribution in [3.8, 4) is 0 Å². The number of aryl methyl sites for hydroxylation is 2. The lowest BCUT2D eigenvalue weighted by atomic mass is 9.96. The summed E-state index contributed by atoms with van der Waals surface area (Å²) >= 11 is 1.59. The number of benzene rings is 1. The number of rotatable bonds is 11. The monoisotopic (exact) mass is 507 g/mol. The maximum Gasteiger partial charge on any atom is 0.408 e. The zero-order valence-electron chi connectivity index (χ0n) is 23.2. The number of alkyl carbamates (subject to hydrolysis) is 1. The van der Waals surface area contributed by atoms with Crippen molar-refractivity contribution in [3.63, 3.8) is 0 Å². The number of hydrogen-bond donors (Lipinski definition) is 2. The van der Waals surface area contributed by atoms with Gasteiger partial charge in [0.2, 0.25) is 11.8 Å². The van der Waals surface area contributed by atoms with E-state index in [1.807, 2.05) is 66.0 Å². The van der Waals surface area contributed by atoms with Crippen LogP contribution < -0.4 is 10.6 Å². The molecule has 35 heavy (non-hydrogen) atoms. The summed E-state index contributed by atoms with van der Waals surface area (Å²) in [5.74, 6) is 0.148. The lowest BCUT2D eigenvalue weighted by Gasteiger charge is -2.38. The number of amides is 3. The SMILES string of the molecule is CCC(C)N(C(=O)C(CCSC)NC(=O)OC(C)(C)C)C(C(=O)NC(C)C)c1cc(C)cc(C)c1. The molecule has 0 saturated heterocycles. The Balaban J connectivity index is 3.55.